The van der Waals surface area contributed by atoms with E-state index in [0.29, 0.717) is 6.54 Å². The molecule has 3 heteroatoms. The van der Waals surface area contributed by atoms with Crippen LogP contribution < -0.4 is 5.32 Å². The summed E-state index contributed by atoms with van der Waals surface area (Å²) in [5, 5.41) is 21.9. The van der Waals surface area contributed by atoms with Crippen LogP contribution in [0.25, 0.3) is 0 Å². The van der Waals surface area contributed by atoms with Crippen LogP contribution in [0.4, 0.5) is 0 Å². The van der Waals surface area contributed by atoms with Gasteiger partial charge in [-0.15, -0.1) is 0 Å². The molecule has 0 aromatic heterocycles. The SMILES string of the molecule is CC(C)(C#N)CCNCC(O)c1ccccc1. The molecular formula is C14H20N2O. The van der Waals surface area contributed by atoms with E-state index in [2.05, 4.69) is 11.4 Å². The Hall–Kier alpha value is -1.37. The summed E-state index contributed by atoms with van der Waals surface area (Å²) < 4.78 is 0. The van der Waals surface area contributed by atoms with Crippen LogP contribution in [0.5, 0.6) is 0 Å². The van der Waals surface area contributed by atoms with Gasteiger partial charge in [0, 0.05) is 6.54 Å². The normalized spacial score (nSPS) is 13.1. The van der Waals surface area contributed by atoms with Gasteiger partial charge in [0.05, 0.1) is 17.6 Å². The standard InChI is InChI=1S/C14H20N2O/c1-14(2,11-15)8-9-16-10-13(17)12-6-4-3-5-7-12/h3-7,13,16-17H,8-10H2,1-2H3. The van der Waals surface area contributed by atoms with Gasteiger partial charge >= 0.3 is 0 Å². The molecule has 0 heterocycles. The first-order chi connectivity index (χ1) is 8.05. The first kappa shape index (κ1) is 13.7. The fraction of sp³-hybridized carbons (Fsp3) is 0.500. The highest BCUT2D eigenvalue weighted by atomic mass is 16.3. The summed E-state index contributed by atoms with van der Waals surface area (Å²) in [6.45, 7) is 5.10. The largest absolute Gasteiger partial charge is 0.387 e. The Kier molecular flexibility index (Phi) is 5.14. The molecule has 0 spiro atoms. The van der Waals surface area contributed by atoms with Gasteiger partial charge in [0.25, 0.3) is 0 Å². The van der Waals surface area contributed by atoms with Gasteiger partial charge in [0.2, 0.25) is 0 Å². The van der Waals surface area contributed by atoms with Crippen molar-refractivity contribution in [2.45, 2.75) is 26.4 Å². The summed E-state index contributed by atoms with van der Waals surface area (Å²) in [6.07, 6.45) is 0.298. The molecule has 2 N–H and O–H groups in total. The Morgan fingerprint density at radius 2 is 2.00 bits per heavy atom. The third-order valence-electron chi connectivity index (χ3n) is 2.75. The van der Waals surface area contributed by atoms with Crippen molar-refractivity contribution < 1.29 is 5.11 Å². The number of nitrogens with zero attached hydrogens (tertiary/aromatic N) is 1. The molecule has 3 nitrogen and oxygen atoms in total. The van der Waals surface area contributed by atoms with Gasteiger partial charge in [-0.2, -0.15) is 5.26 Å². The minimum Gasteiger partial charge on any atom is -0.387 e. The first-order valence-corrected chi connectivity index (χ1v) is 5.90. The predicted octanol–water partition coefficient (Wildman–Crippen LogP) is 2.25. The number of hydrogen-bond donors (Lipinski definition) is 2. The van der Waals surface area contributed by atoms with Crippen LogP contribution in [0.15, 0.2) is 30.3 Å². The number of aliphatic hydroxyl groups is 1. The lowest BCUT2D eigenvalue weighted by Crippen LogP contribution is -2.25. The molecule has 0 fully saturated rings. The summed E-state index contributed by atoms with van der Waals surface area (Å²) in [6, 6.07) is 11.8. The quantitative estimate of drug-likeness (QED) is 0.740. The van der Waals surface area contributed by atoms with E-state index in [1.807, 2.05) is 44.2 Å². The van der Waals surface area contributed by atoms with Crippen molar-refractivity contribution in [3.8, 4) is 6.07 Å². The lowest BCUT2D eigenvalue weighted by molar-refractivity contribution is 0.173. The minimum atomic E-state index is -0.485. The van der Waals surface area contributed by atoms with E-state index in [9.17, 15) is 5.11 Å². The smallest absolute Gasteiger partial charge is 0.0914 e. The van der Waals surface area contributed by atoms with Crippen molar-refractivity contribution >= 4 is 0 Å². The van der Waals surface area contributed by atoms with E-state index >= 15 is 0 Å². The number of nitriles is 1. The van der Waals surface area contributed by atoms with Crippen molar-refractivity contribution in [1.29, 1.82) is 5.26 Å². The fourth-order valence-corrected chi connectivity index (χ4v) is 1.49. The molecule has 0 saturated heterocycles. The molecule has 1 unspecified atom stereocenters. The Morgan fingerprint density at radius 1 is 1.35 bits per heavy atom. The average molecular weight is 232 g/mol. The van der Waals surface area contributed by atoms with E-state index < -0.39 is 6.10 Å². The van der Waals surface area contributed by atoms with E-state index in [-0.39, 0.29) is 5.41 Å². The molecule has 92 valence electrons. The third kappa shape index (κ3) is 4.99. The van der Waals surface area contributed by atoms with Gasteiger partial charge in [-0.1, -0.05) is 30.3 Å². The molecule has 0 aliphatic carbocycles. The molecular weight excluding hydrogens is 212 g/mol. The molecule has 0 aliphatic heterocycles. The predicted molar refractivity (Wildman–Crippen MR) is 68.3 cm³/mol. The van der Waals surface area contributed by atoms with Crippen LogP contribution in [0, 0.1) is 16.7 Å². The van der Waals surface area contributed by atoms with Gasteiger partial charge < -0.3 is 10.4 Å². The highest BCUT2D eigenvalue weighted by Gasteiger charge is 2.15. The zero-order chi connectivity index (χ0) is 12.7. The highest BCUT2D eigenvalue weighted by Crippen LogP contribution is 2.17. The van der Waals surface area contributed by atoms with Gasteiger partial charge in [-0.3, -0.25) is 0 Å². The number of nitrogens with one attached hydrogen (secondary N) is 1. The summed E-state index contributed by atoms with van der Waals surface area (Å²) in [7, 11) is 0. The average Bonchev–Trinajstić information content (AvgIpc) is 2.35. The minimum absolute atomic E-state index is 0.301. The second-order valence-corrected chi connectivity index (χ2v) is 4.88. The van der Waals surface area contributed by atoms with Crippen molar-refractivity contribution in [3.63, 3.8) is 0 Å². The van der Waals surface area contributed by atoms with E-state index in [1.165, 1.54) is 0 Å². The van der Waals surface area contributed by atoms with Crippen LogP contribution in [0.2, 0.25) is 0 Å². The van der Waals surface area contributed by atoms with Gasteiger partial charge in [-0.25, -0.2) is 0 Å². The van der Waals surface area contributed by atoms with Crippen molar-refractivity contribution in [2.24, 2.45) is 5.41 Å². The molecule has 17 heavy (non-hydrogen) atoms. The van der Waals surface area contributed by atoms with Gasteiger partial charge in [-0.05, 0) is 32.4 Å². The summed E-state index contributed by atoms with van der Waals surface area (Å²) >= 11 is 0. The Labute approximate surface area is 103 Å². The molecule has 0 radical (unpaired) electrons. The molecule has 0 amide bonds. The van der Waals surface area contributed by atoms with Crippen LogP contribution in [0.3, 0.4) is 0 Å². The molecule has 1 aromatic carbocycles. The molecule has 1 atom stereocenters. The topological polar surface area (TPSA) is 56.0 Å². The monoisotopic (exact) mass is 232 g/mol. The van der Waals surface area contributed by atoms with E-state index in [1.54, 1.807) is 0 Å². The second kappa shape index (κ2) is 6.39. The molecule has 0 saturated carbocycles. The summed E-state index contributed by atoms with van der Waals surface area (Å²) in [5.41, 5.74) is 0.615. The number of aliphatic hydroxyl groups excluding tert-OH is 1. The van der Waals surface area contributed by atoms with Crippen LogP contribution >= 0.6 is 0 Å². The maximum absolute atomic E-state index is 9.88. The molecule has 1 rings (SSSR count). The maximum Gasteiger partial charge on any atom is 0.0914 e. The maximum atomic E-state index is 9.88. The van der Waals surface area contributed by atoms with Crippen LogP contribution in [-0.2, 0) is 0 Å². The fourth-order valence-electron chi connectivity index (χ4n) is 1.49. The lowest BCUT2D eigenvalue weighted by Gasteiger charge is -2.16. The summed E-state index contributed by atoms with van der Waals surface area (Å²) in [4.78, 5) is 0. The lowest BCUT2D eigenvalue weighted by atomic mass is 9.91. The van der Waals surface area contributed by atoms with Crippen LogP contribution in [0.1, 0.15) is 31.9 Å². The van der Waals surface area contributed by atoms with E-state index in [4.69, 9.17) is 5.26 Å². The number of hydrogen-bond acceptors (Lipinski definition) is 3. The number of benzene rings is 1. The molecule has 0 bridgehead atoms. The zero-order valence-electron chi connectivity index (χ0n) is 10.5. The highest BCUT2D eigenvalue weighted by molar-refractivity contribution is 5.17. The molecule has 1 aromatic rings. The third-order valence-corrected chi connectivity index (χ3v) is 2.75. The van der Waals surface area contributed by atoms with Crippen LogP contribution in [-0.4, -0.2) is 18.2 Å². The molecule has 0 aliphatic rings. The summed E-state index contributed by atoms with van der Waals surface area (Å²) in [5.74, 6) is 0. The zero-order valence-corrected chi connectivity index (χ0v) is 10.5. The van der Waals surface area contributed by atoms with Crippen molar-refractivity contribution in [1.82, 2.24) is 5.32 Å². The Balaban J connectivity index is 2.26. The Bertz CT molecular complexity index is 368. The second-order valence-electron chi connectivity index (χ2n) is 4.88. The number of rotatable bonds is 6. The van der Waals surface area contributed by atoms with Gasteiger partial charge in [0.1, 0.15) is 0 Å². The van der Waals surface area contributed by atoms with E-state index in [0.717, 1.165) is 18.5 Å². The van der Waals surface area contributed by atoms with Gasteiger partial charge in [0.15, 0.2) is 0 Å². The van der Waals surface area contributed by atoms with Crippen molar-refractivity contribution in [2.75, 3.05) is 13.1 Å². The van der Waals surface area contributed by atoms with Crippen molar-refractivity contribution in [3.05, 3.63) is 35.9 Å². The first-order valence-electron chi connectivity index (χ1n) is 5.90. The Morgan fingerprint density at radius 3 is 2.59 bits per heavy atom.